The molecule has 0 aromatic heterocycles. The van der Waals surface area contributed by atoms with Crippen molar-refractivity contribution in [1.82, 2.24) is 0 Å². The van der Waals surface area contributed by atoms with Gasteiger partial charge >= 0.3 is 0 Å². The Morgan fingerprint density at radius 2 is 1.70 bits per heavy atom. The lowest BCUT2D eigenvalue weighted by molar-refractivity contribution is -0.111. The Hall–Kier alpha value is -3.51. The van der Waals surface area contributed by atoms with Crippen molar-refractivity contribution in [2.45, 2.75) is 13.1 Å². The van der Waals surface area contributed by atoms with Crippen LogP contribution in [-0.2, 0) is 4.79 Å². The first-order valence-electron chi connectivity index (χ1n) is 9.50. The first-order valence-corrected chi connectivity index (χ1v) is 9.88. The van der Waals surface area contributed by atoms with Crippen LogP contribution in [0.4, 0.5) is 11.4 Å². The fourth-order valence-electron chi connectivity index (χ4n) is 3.68. The number of carbonyl (C=O) groups is 1. The number of anilines is 2. The van der Waals surface area contributed by atoms with Gasteiger partial charge in [0, 0.05) is 23.2 Å². The van der Waals surface area contributed by atoms with Crippen molar-refractivity contribution in [2.24, 2.45) is 5.10 Å². The van der Waals surface area contributed by atoms with E-state index < -0.39 is 0 Å². The molecule has 0 bridgehead atoms. The molecule has 3 aromatic rings. The van der Waals surface area contributed by atoms with E-state index in [9.17, 15) is 4.79 Å². The van der Waals surface area contributed by atoms with Crippen LogP contribution in [0.1, 0.15) is 18.7 Å². The number of nitrogens with zero attached hydrogens (tertiary/aromatic N) is 3. The zero-order valence-corrected chi connectivity index (χ0v) is 16.9. The van der Waals surface area contributed by atoms with Crippen LogP contribution >= 0.6 is 11.6 Å². The Kier molecular flexibility index (Phi) is 4.56. The molecule has 0 fully saturated rings. The second-order valence-electron chi connectivity index (χ2n) is 6.99. The number of ether oxygens (including phenoxy) is 2. The topological polar surface area (TPSA) is 54.4 Å². The van der Waals surface area contributed by atoms with Gasteiger partial charge in [0.05, 0.1) is 5.69 Å². The molecule has 0 saturated carbocycles. The zero-order valence-electron chi connectivity index (χ0n) is 16.2. The van der Waals surface area contributed by atoms with E-state index in [-0.39, 0.29) is 18.7 Å². The van der Waals surface area contributed by atoms with Crippen molar-refractivity contribution in [2.75, 3.05) is 16.7 Å². The quantitative estimate of drug-likeness (QED) is 0.595. The van der Waals surface area contributed by atoms with Crippen molar-refractivity contribution in [1.29, 1.82) is 0 Å². The van der Waals surface area contributed by atoms with Crippen LogP contribution in [0.15, 0.2) is 77.9 Å². The van der Waals surface area contributed by atoms with Crippen LogP contribution in [0.5, 0.6) is 11.5 Å². The summed E-state index contributed by atoms with van der Waals surface area (Å²) in [5, 5.41) is 7.18. The van der Waals surface area contributed by atoms with E-state index in [1.165, 1.54) is 6.92 Å². The molecule has 0 radical (unpaired) electrons. The number of fused-ring (bicyclic) bond motifs is 1. The monoisotopic (exact) mass is 419 g/mol. The van der Waals surface area contributed by atoms with Crippen LogP contribution in [0.3, 0.4) is 0 Å². The van der Waals surface area contributed by atoms with Gasteiger partial charge in [-0.05, 0) is 48.5 Å². The molecule has 2 heterocycles. The SMILES string of the molecule is CC(=O)C1=NN(c2ccccc2)[C@@H](c2ccc3c(c2)OCO3)N1c1ccc(Cl)cc1. The lowest BCUT2D eigenvalue weighted by Gasteiger charge is -2.32. The van der Waals surface area contributed by atoms with Crippen LogP contribution in [0, 0.1) is 0 Å². The van der Waals surface area contributed by atoms with Crippen molar-refractivity contribution in [3.63, 3.8) is 0 Å². The number of rotatable bonds is 4. The summed E-state index contributed by atoms with van der Waals surface area (Å²) < 4.78 is 11.1. The number of hydrazone groups is 1. The predicted octanol–water partition coefficient (Wildman–Crippen LogP) is 5.00. The summed E-state index contributed by atoms with van der Waals surface area (Å²) in [6.07, 6.45) is -0.387. The zero-order chi connectivity index (χ0) is 20.7. The van der Waals surface area contributed by atoms with Gasteiger partial charge < -0.3 is 9.47 Å². The standard InChI is InChI=1S/C23H18ClN3O3/c1-15(28)22-25-27(19-5-3-2-4-6-19)23(26(22)18-10-8-17(24)9-11-18)16-7-12-20-21(13-16)30-14-29-20/h2-13,23H,14H2,1H3/t23-/m0/s1. The molecule has 2 aliphatic rings. The summed E-state index contributed by atoms with van der Waals surface area (Å²) >= 11 is 6.10. The van der Waals surface area contributed by atoms with Crippen molar-refractivity contribution in [3.05, 3.63) is 83.4 Å². The average Bonchev–Trinajstić information content (AvgIpc) is 3.39. The molecular formula is C23H18ClN3O3. The lowest BCUT2D eigenvalue weighted by Crippen LogP contribution is -2.37. The molecular weight excluding hydrogens is 402 g/mol. The van der Waals surface area contributed by atoms with Gasteiger partial charge in [0.2, 0.25) is 6.79 Å². The van der Waals surface area contributed by atoms with E-state index >= 15 is 0 Å². The minimum Gasteiger partial charge on any atom is -0.454 e. The van der Waals surface area contributed by atoms with Gasteiger partial charge in [-0.1, -0.05) is 35.9 Å². The number of ketones is 1. The van der Waals surface area contributed by atoms with Gasteiger partial charge in [0.15, 0.2) is 29.3 Å². The van der Waals surface area contributed by atoms with Crippen molar-refractivity contribution >= 4 is 34.6 Å². The highest BCUT2D eigenvalue weighted by atomic mass is 35.5. The second kappa shape index (κ2) is 7.39. The molecule has 6 nitrogen and oxygen atoms in total. The van der Waals surface area contributed by atoms with Crippen LogP contribution in [0.2, 0.25) is 5.02 Å². The summed E-state index contributed by atoms with van der Waals surface area (Å²) in [7, 11) is 0. The Morgan fingerprint density at radius 1 is 0.967 bits per heavy atom. The highest BCUT2D eigenvalue weighted by Crippen LogP contribution is 2.42. The van der Waals surface area contributed by atoms with E-state index in [1.807, 2.05) is 70.6 Å². The molecule has 0 aliphatic carbocycles. The highest BCUT2D eigenvalue weighted by molar-refractivity contribution is 6.44. The summed E-state index contributed by atoms with van der Waals surface area (Å²) in [4.78, 5) is 14.5. The Labute approximate surface area is 178 Å². The number of halogens is 1. The Morgan fingerprint density at radius 3 is 2.43 bits per heavy atom. The molecule has 5 rings (SSSR count). The summed E-state index contributed by atoms with van der Waals surface area (Å²) in [6.45, 7) is 1.72. The number of hydrogen-bond acceptors (Lipinski definition) is 6. The first kappa shape index (κ1) is 18.5. The minimum atomic E-state index is -0.387. The number of carbonyl (C=O) groups excluding carboxylic acids is 1. The molecule has 150 valence electrons. The number of benzene rings is 3. The second-order valence-corrected chi connectivity index (χ2v) is 7.43. The highest BCUT2D eigenvalue weighted by Gasteiger charge is 2.39. The summed E-state index contributed by atoms with van der Waals surface area (Å²) in [5.74, 6) is 1.60. The number of para-hydroxylation sites is 1. The van der Waals surface area contributed by atoms with E-state index in [0.717, 1.165) is 16.9 Å². The normalized spacial score (nSPS) is 17.3. The molecule has 30 heavy (non-hydrogen) atoms. The number of hydrogen-bond donors (Lipinski definition) is 0. The Balaban J connectivity index is 1.68. The van der Waals surface area contributed by atoms with Crippen molar-refractivity contribution < 1.29 is 14.3 Å². The molecule has 1 atom stereocenters. The average molecular weight is 420 g/mol. The van der Waals surface area contributed by atoms with E-state index in [1.54, 1.807) is 12.1 Å². The van der Waals surface area contributed by atoms with Gasteiger partial charge in [0.1, 0.15) is 0 Å². The lowest BCUT2D eigenvalue weighted by atomic mass is 10.1. The van der Waals surface area contributed by atoms with Gasteiger partial charge in [-0.2, -0.15) is 0 Å². The fraction of sp³-hybridized carbons (Fsp3) is 0.130. The Bertz CT molecular complexity index is 1130. The van der Waals surface area contributed by atoms with Gasteiger partial charge in [-0.15, -0.1) is 5.10 Å². The smallest absolute Gasteiger partial charge is 0.231 e. The minimum absolute atomic E-state index is 0.130. The van der Waals surface area contributed by atoms with E-state index in [2.05, 4.69) is 0 Å². The van der Waals surface area contributed by atoms with Gasteiger partial charge in [-0.25, -0.2) is 5.01 Å². The molecule has 2 aliphatic heterocycles. The fourth-order valence-corrected chi connectivity index (χ4v) is 3.80. The molecule has 7 heteroatoms. The van der Waals surface area contributed by atoms with Gasteiger partial charge in [0.25, 0.3) is 0 Å². The molecule has 0 spiro atoms. The van der Waals surface area contributed by atoms with Crippen LogP contribution in [0.25, 0.3) is 0 Å². The molecule has 3 aromatic carbocycles. The maximum absolute atomic E-state index is 12.6. The molecule has 0 saturated heterocycles. The van der Waals surface area contributed by atoms with E-state index in [0.29, 0.717) is 22.4 Å². The van der Waals surface area contributed by atoms with E-state index in [4.69, 9.17) is 26.2 Å². The van der Waals surface area contributed by atoms with Crippen LogP contribution < -0.4 is 19.4 Å². The molecule has 0 N–H and O–H groups in total. The summed E-state index contributed by atoms with van der Waals surface area (Å²) in [6, 6.07) is 22.9. The summed E-state index contributed by atoms with van der Waals surface area (Å²) in [5.41, 5.74) is 2.60. The largest absolute Gasteiger partial charge is 0.454 e. The third kappa shape index (κ3) is 3.15. The number of amidine groups is 1. The van der Waals surface area contributed by atoms with Crippen LogP contribution in [-0.4, -0.2) is 18.4 Å². The molecule has 0 amide bonds. The third-order valence-corrected chi connectivity index (χ3v) is 5.29. The maximum atomic E-state index is 12.6. The first-order chi connectivity index (χ1) is 14.6. The number of Topliss-reactive ketones (excluding diaryl/α,β-unsaturated/α-hetero) is 1. The van der Waals surface area contributed by atoms with Gasteiger partial charge in [-0.3, -0.25) is 9.69 Å². The van der Waals surface area contributed by atoms with Crippen molar-refractivity contribution in [3.8, 4) is 11.5 Å². The maximum Gasteiger partial charge on any atom is 0.231 e. The predicted molar refractivity (Wildman–Crippen MR) is 116 cm³/mol. The molecule has 0 unspecified atom stereocenters. The third-order valence-electron chi connectivity index (χ3n) is 5.04.